The van der Waals surface area contributed by atoms with Crippen molar-refractivity contribution >= 4 is 16.9 Å². The monoisotopic (exact) mass is 181 g/mol. The summed E-state index contributed by atoms with van der Waals surface area (Å²) in [5, 5.41) is 8.79. The minimum Gasteiger partial charge on any atom is -0.515 e. The SMILES string of the molecule is C/C(=C\O)c1ccc(C)c(C)[s+]1. The predicted molar refractivity (Wildman–Crippen MR) is 54.5 cm³/mol. The van der Waals surface area contributed by atoms with Crippen LogP contribution in [0.2, 0.25) is 0 Å². The van der Waals surface area contributed by atoms with E-state index in [0.29, 0.717) is 0 Å². The van der Waals surface area contributed by atoms with Crippen molar-refractivity contribution in [2.75, 3.05) is 0 Å². The number of aryl methyl sites for hydroxylation is 2. The van der Waals surface area contributed by atoms with Crippen molar-refractivity contribution in [2.45, 2.75) is 20.8 Å². The molecule has 0 aromatic carbocycles. The number of rotatable bonds is 1. The first kappa shape index (κ1) is 9.20. The fraction of sp³-hybridized carbons (Fsp3) is 0.300. The number of aliphatic hydroxyl groups is 1. The topological polar surface area (TPSA) is 20.2 Å². The fourth-order valence-electron chi connectivity index (χ4n) is 0.873. The Balaban J connectivity index is 3.13. The molecule has 0 aliphatic heterocycles. The second kappa shape index (κ2) is 3.68. The predicted octanol–water partition coefficient (Wildman–Crippen LogP) is 3.56. The summed E-state index contributed by atoms with van der Waals surface area (Å²) >= 11 is 1.71. The van der Waals surface area contributed by atoms with Gasteiger partial charge < -0.3 is 5.11 Å². The van der Waals surface area contributed by atoms with Gasteiger partial charge in [-0.25, -0.2) is 0 Å². The Morgan fingerprint density at radius 3 is 2.58 bits per heavy atom. The van der Waals surface area contributed by atoms with Crippen LogP contribution < -0.4 is 0 Å². The van der Waals surface area contributed by atoms with Crippen molar-refractivity contribution < 1.29 is 5.11 Å². The standard InChI is InChI=1S/C10H12OS/c1-7-4-5-10(8(2)6-11)12-9(7)3/h4-6H,1-3H3/p+1/b8-6+. The third-order valence-electron chi connectivity index (χ3n) is 1.89. The van der Waals surface area contributed by atoms with Crippen molar-refractivity contribution in [1.29, 1.82) is 0 Å². The molecule has 0 amide bonds. The summed E-state index contributed by atoms with van der Waals surface area (Å²) in [6.07, 6.45) is 1.15. The minimum absolute atomic E-state index is 0.920. The molecular formula is C10H13OS+. The van der Waals surface area contributed by atoms with E-state index in [1.54, 1.807) is 11.3 Å². The number of aliphatic hydroxyl groups excluding tert-OH is 1. The highest BCUT2D eigenvalue weighted by atomic mass is 32.1. The Morgan fingerprint density at radius 1 is 1.42 bits per heavy atom. The van der Waals surface area contributed by atoms with Crippen LogP contribution >= 0.6 is 11.3 Å². The van der Waals surface area contributed by atoms with Gasteiger partial charge in [0.25, 0.3) is 0 Å². The first-order valence-corrected chi connectivity index (χ1v) is 4.68. The van der Waals surface area contributed by atoms with Gasteiger partial charge in [0, 0.05) is 24.1 Å². The van der Waals surface area contributed by atoms with E-state index in [1.165, 1.54) is 10.4 Å². The molecule has 0 spiro atoms. The third kappa shape index (κ3) is 1.83. The van der Waals surface area contributed by atoms with Gasteiger partial charge >= 0.3 is 0 Å². The normalized spacial score (nSPS) is 11.8. The Kier molecular flexibility index (Phi) is 2.82. The van der Waals surface area contributed by atoms with Gasteiger partial charge in [-0.1, -0.05) is 0 Å². The van der Waals surface area contributed by atoms with Crippen molar-refractivity contribution in [3.8, 4) is 0 Å². The van der Waals surface area contributed by atoms with Crippen LogP contribution in [0.3, 0.4) is 0 Å². The Labute approximate surface area is 77.0 Å². The van der Waals surface area contributed by atoms with Crippen LogP contribution in [-0.4, -0.2) is 5.11 Å². The highest BCUT2D eigenvalue weighted by Gasteiger charge is 2.12. The van der Waals surface area contributed by atoms with Gasteiger partial charge in [0.2, 0.25) is 21.1 Å². The average molecular weight is 181 g/mol. The van der Waals surface area contributed by atoms with Crippen LogP contribution in [0.1, 0.15) is 22.2 Å². The second-order valence-corrected chi connectivity index (χ2v) is 4.11. The van der Waals surface area contributed by atoms with Gasteiger partial charge in [-0.3, -0.25) is 0 Å². The number of allylic oxidation sites excluding steroid dienone is 1. The molecule has 1 heterocycles. The summed E-state index contributed by atoms with van der Waals surface area (Å²) in [7, 11) is 0. The Morgan fingerprint density at radius 2 is 2.08 bits per heavy atom. The maximum atomic E-state index is 8.79. The van der Waals surface area contributed by atoms with Crippen LogP contribution in [0.25, 0.3) is 5.57 Å². The fourth-order valence-corrected chi connectivity index (χ4v) is 1.78. The summed E-state index contributed by atoms with van der Waals surface area (Å²) in [6.45, 7) is 6.09. The van der Waals surface area contributed by atoms with E-state index >= 15 is 0 Å². The average Bonchev–Trinajstić information content (AvgIpc) is 2.08. The molecule has 2 heteroatoms. The summed E-state index contributed by atoms with van der Waals surface area (Å²) in [5.74, 6) is 0. The molecule has 0 fully saturated rings. The van der Waals surface area contributed by atoms with Crippen molar-refractivity contribution in [3.63, 3.8) is 0 Å². The molecule has 1 aromatic rings. The molecule has 1 aromatic heterocycles. The maximum Gasteiger partial charge on any atom is 0.237 e. The lowest BCUT2D eigenvalue weighted by Gasteiger charge is -1.91. The molecular weight excluding hydrogens is 168 g/mol. The molecule has 0 radical (unpaired) electrons. The highest BCUT2D eigenvalue weighted by molar-refractivity contribution is 7.12. The Hall–Kier alpha value is -0.890. The van der Waals surface area contributed by atoms with Crippen LogP contribution in [0.4, 0.5) is 0 Å². The first-order chi connectivity index (χ1) is 5.65. The van der Waals surface area contributed by atoms with Gasteiger partial charge in [0.1, 0.15) is 0 Å². The zero-order valence-electron chi connectivity index (χ0n) is 7.59. The highest BCUT2D eigenvalue weighted by Crippen LogP contribution is 2.23. The van der Waals surface area contributed by atoms with E-state index in [0.717, 1.165) is 16.7 Å². The van der Waals surface area contributed by atoms with E-state index < -0.39 is 0 Å². The second-order valence-electron chi connectivity index (χ2n) is 2.85. The lowest BCUT2D eigenvalue weighted by atomic mass is 10.2. The van der Waals surface area contributed by atoms with Gasteiger partial charge in [-0.15, -0.1) is 0 Å². The zero-order valence-corrected chi connectivity index (χ0v) is 8.40. The molecule has 1 N–H and O–H groups in total. The van der Waals surface area contributed by atoms with Crippen molar-refractivity contribution in [1.82, 2.24) is 0 Å². The van der Waals surface area contributed by atoms with E-state index in [9.17, 15) is 0 Å². The van der Waals surface area contributed by atoms with E-state index in [4.69, 9.17) is 5.11 Å². The van der Waals surface area contributed by atoms with Crippen LogP contribution in [-0.2, 0) is 0 Å². The van der Waals surface area contributed by atoms with Gasteiger partial charge in [-0.2, -0.15) is 0 Å². The molecule has 0 aliphatic rings. The van der Waals surface area contributed by atoms with E-state index in [1.807, 2.05) is 13.0 Å². The molecule has 1 rings (SSSR count). The molecule has 64 valence electrons. The van der Waals surface area contributed by atoms with E-state index in [2.05, 4.69) is 19.9 Å². The molecule has 0 saturated heterocycles. The summed E-state index contributed by atoms with van der Waals surface area (Å²) in [5.41, 5.74) is 2.22. The third-order valence-corrected chi connectivity index (χ3v) is 3.19. The van der Waals surface area contributed by atoms with Gasteiger partial charge in [0.05, 0.1) is 6.26 Å². The zero-order chi connectivity index (χ0) is 9.14. The van der Waals surface area contributed by atoms with Gasteiger partial charge in [0.15, 0.2) is 0 Å². The van der Waals surface area contributed by atoms with Gasteiger partial charge in [-0.05, 0) is 19.9 Å². The first-order valence-electron chi connectivity index (χ1n) is 3.87. The summed E-state index contributed by atoms with van der Waals surface area (Å²) in [4.78, 5) is 2.43. The molecule has 0 bridgehead atoms. The summed E-state index contributed by atoms with van der Waals surface area (Å²) in [6, 6.07) is 4.11. The Bertz CT molecular complexity index is 316. The number of hydrogen-bond donors (Lipinski definition) is 1. The van der Waals surface area contributed by atoms with Crippen LogP contribution in [0, 0.1) is 13.8 Å². The van der Waals surface area contributed by atoms with Crippen molar-refractivity contribution in [3.05, 3.63) is 33.7 Å². The van der Waals surface area contributed by atoms with Crippen LogP contribution in [0.15, 0.2) is 18.4 Å². The molecule has 0 unspecified atom stereocenters. The lowest BCUT2D eigenvalue weighted by Crippen LogP contribution is -1.80. The summed E-state index contributed by atoms with van der Waals surface area (Å²) < 4.78 is 0. The van der Waals surface area contributed by atoms with E-state index in [-0.39, 0.29) is 0 Å². The van der Waals surface area contributed by atoms with Crippen molar-refractivity contribution in [2.24, 2.45) is 0 Å². The molecule has 12 heavy (non-hydrogen) atoms. The van der Waals surface area contributed by atoms with Crippen LogP contribution in [0.5, 0.6) is 0 Å². The maximum absolute atomic E-state index is 8.79. The molecule has 0 aliphatic carbocycles. The molecule has 1 nitrogen and oxygen atoms in total. The molecule has 0 atom stereocenters. The quantitative estimate of drug-likeness (QED) is 0.518. The number of hydrogen-bond acceptors (Lipinski definition) is 1. The largest absolute Gasteiger partial charge is 0.515 e. The minimum atomic E-state index is 0.920. The lowest BCUT2D eigenvalue weighted by molar-refractivity contribution is 0.475. The molecule has 0 saturated carbocycles. The smallest absolute Gasteiger partial charge is 0.237 e.